The standard InChI is InChI=1S/C9H13N5/c1-2-14-6-8(5-12-14)9-7(3-10)4-11-13-9/h4-6H,2-3,10H2,1H3,(H,11,13). The van der Waals surface area contributed by atoms with E-state index < -0.39 is 0 Å². The van der Waals surface area contributed by atoms with Crippen molar-refractivity contribution in [3.05, 3.63) is 24.2 Å². The van der Waals surface area contributed by atoms with Crippen molar-refractivity contribution < 1.29 is 0 Å². The van der Waals surface area contributed by atoms with E-state index in [1.165, 1.54) is 0 Å². The zero-order chi connectivity index (χ0) is 9.97. The lowest BCUT2D eigenvalue weighted by atomic mass is 10.1. The van der Waals surface area contributed by atoms with Crippen LogP contribution in [0.5, 0.6) is 0 Å². The Balaban J connectivity index is 2.38. The third-order valence-electron chi connectivity index (χ3n) is 2.18. The van der Waals surface area contributed by atoms with Crippen molar-refractivity contribution in [2.75, 3.05) is 0 Å². The smallest absolute Gasteiger partial charge is 0.0726 e. The summed E-state index contributed by atoms with van der Waals surface area (Å²) < 4.78 is 1.87. The van der Waals surface area contributed by atoms with E-state index in [-0.39, 0.29) is 0 Å². The Hall–Kier alpha value is -1.62. The molecule has 3 N–H and O–H groups in total. The molecule has 0 aromatic carbocycles. The van der Waals surface area contributed by atoms with Crippen LogP contribution in [0.2, 0.25) is 0 Å². The molecule has 2 aromatic rings. The number of nitrogens with one attached hydrogen (secondary N) is 1. The van der Waals surface area contributed by atoms with Crippen LogP contribution >= 0.6 is 0 Å². The van der Waals surface area contributed by atoms with E-state index in [4.69, 9.17) is 5.73 Å². The fraction of sp³-hybridized carbons (Fsp3) is 0.333. The number of hydrogen-bond acceptors (Lipinski definition) is 3. The number of aromatic nitrogens is 4. The summed E-state index contributed by atoms with van der Waals surface area (Å²) in [6.45, 7) is 3.41. The highest BCUT2D eigenvalue weighted by Gasteiger charge is 2.07. The second-order valence-electron chi connectivity index (χ2n) is 3.06. The van der Waals surface area contributed by atoms with E-state index in [9.17, 15) is 0 Å². The van der Waals surface area contributed by atoms with Gasteiger partial charge in [0.15, 0.2) is 0 Å². The second-order valence-corrected chi connectivity index (χ2v) is 3.06. The SMILES string of the molecule is CCn1cc(-c2[nH]ncc2CN)cn1. The molecule has 2 rings (SSSR count). The number of H-pyrrole nitrogens is 1. The summed E-state index contributed by atoms with van der Waals surface area (Å²) in [4.78, 5) is 0. The third-order valence-corrected chi connectivity index (χ3v) is 2.18. The maximum Gasteiger partial charge on any atom is 0.0726 e. The van der Waals surface area contributed by atoms with E-state index >= 15 is 0 Å². The molecule has 0 bridgehead atoms. The van der Waals surface area contributed by atoms with Gasteiger partial charge in [-0.25, -0.2) is 0 Å². The molecule has 0 fully saturated rings. The number of nitrogens with zero attached hydrogens (tertiary/aromatic N) is 3. The minimum Gasteiger partial charge on any atom is -0.326 e. The van der Waals surface area contributed by atoms with Crippen LogP contribution in [0.1, 0.15) is 12.5 Å². The van der Waals surface area contributed by atoms with E-state index in [1.54, 1.807) is 6.20 Å². The zero-order valence-electron chi connectivity index (χ0n) is 8.07. The summed E-state index contributed by atoms with van der Waals surface area (Å²) in [6.07, 6.45) is 5.54. The van der Waals surface area contributed by atoms with Crippen LogP contribution in [0.4, 0.5) is 0 Å². The quantitative estimate of drug-likeness (QED) is 0.752. The monoisotopic (exact) mass is 191 g/mol. The van der Waals surface area contributed by atoms with E-state index in [0.29, 0.717) is 6.54 Å². The molecule has 0 amide bonds. The first-order valence-electron chi connectivity index (χ1n) is 4.60. The van der Waals surface area contributed by atoms with E-state index in [2.05, 4.69) is 15.3 Å². The predicted octanol–water partition coefficient (Wildman–Crippen LogP) is 0.752. The fourth-order valence-corrected chi connectivity index (χ4v) is 1.38. The third kappa shape index (κ3) is 1.42. The first kappa shape index (κ1) is 8.96. The minimum absolute atomic E-state index is 0.489. The Kier molecular flexibility index (Phi) is 2.32. The van der Waals surface area contributed by atoms with Crippen molar-refractivity contribution in [1.29, 1.82) is 0 Å². The molecule has 2 heterocycles. The van der Waals surface area contributed by atoms with Crippen LogP contribution in [-0.4, -0.2) is 20.0 Å². The van der Waals surface area contributed by atoms with Gasteiger partial charge in [0.25, 0.3) is 0 Å². The molecule has 5 nitrogen and oxygen atoms in total. The van der Waals surface area contributed by atoms with Gasteiger partial charge in [0.1, 0.15) is 0 Å². The average Bonchev–Trinajstić information content (AvgIpc) is 2.85. The highest BCUT2D eigenvalue weighted by Crippen LogP contribution is 2.19. The summed E-state index contributed by atoms with van der Waals surface area (Å²) in [6, 6.07) is 0. The van der Waals surface area contributed by atoms with Crippen molar-refractivity contribution >= 4 is 0 Å². The van der Waals surface area contributed by atoms with E-state index in [0.717, 1.165) is 23.4 Å². The number of nitrogens with two attached hydrogens (primary N) is 1. The minimum atomic E-state index is 0.489. The molecular weight excluding hydrogens is 178 g/mol. The molecule has 0 aliphatic heterocycles. The lowest BCUT2D eigenvalue weighted by molar-refractivity contribution is 0.660. The maximum atomic E-state index is 5.58. The Bertz CT molecular complexity index is 414. The topological polar surface area (TPSA) is 72.5 Å². The molecule has 0 spiro atoms. The maximum absolute atomic E-state index is 5.58. The summed E-state index contributed by atoms with van der Waals surface area (Å²) in [7, 11) is 0. The summed E-state index contributed by atoms with van der Waals surface area (Å²) in [5, 5.41) is 11.1. The largest absolute Gasteiger partial charge is 0.326 e. The van der Waals surface area contributed by atoms with Crippen LogP contribution in [0.25, 0.3) is 11.3 Å². The lowest BCUT2D eigenvalue weighted by Gasteiger charge is -1.95. The number of aromatic amines is 1. The van der Waals surface area contributed by atoms with Crippen LogP contribution < -0.4 is 5.73 Å². The van der Waals surface area contributed by atoms with Crippen molar-refractivity contribution in [1.82, 2.24) is 20.0 Å². The molecule has 0 unspecified atom stereocenters. The van der Waals surface area contributed by atoms with Gasteiger partial charge in [0.2, 0.25) is 0 Å². The predicted molar refractivity (Wildman–Crippen MR) is 53.4 cm³/mol. The first-order chi connectivity index (χ1) is 6.85. The Labute approximate surface area is 81.9 Å². The van der Waals surface area contributed by atoms with Gasteiger partial charge in [-0.05, 0) is 6.92 Å². The lowest BCUT2D eigenvalue weighted by Crippen LogP contribution is -1.96. The van der Waals surface area contributed by atoms with Crippen LogP contribution in [0, 0.1) is 0 Å². The molecular formula is C9H13N5. The number of hydrogen-bond donors (Lipinski definition) is 2. The summed E-state index contributed by atoms with van der Waals surface area (Å²) in [5.74, 6) is 0. The van der Waals surface area contributed by atoms with E-state index in [1.807, 2.05) is 24.0 Å². The molecule has 0 saturated carbocycles. The highest BCUT2D eigenvalue weighted by atomic mass is 15.3. The molecule has 0 saturated heterocycles. The average molecular weight is 191 g/mol. The Morgan fingerprint density at radius 2 is 2.36 bits per heavy atom. The number of rotatable bonds is 3. The van der Waals surface area contributed by atoms with Gasteiger partial charge in [-0.1, -0.05) is 0 Å². The van der Waals surface area contributed by atoms with Crippen molar-refractivity contribution in [3.63, 3.8) is 0 Å². The highest BCUT2D eigenvalue weighted by molar-refractivity contribution is 5.60. The fourth-order valence-electron chi connectivity index (χ4n) is 1.38. The van der Waals surface area contributed by atoms with Gasteiger partial charge in [0.05, 0.1) is 18.1 Å². The first-order valence-corrected chi connectivity index (χ1v) is 4.60. The molecule has 74 valence electrons. The van der Waals surface area contributed by atoms with Crippen LogP contribution in [0.15, 0.2) is 18.6 Å². The molecule has 0 aliphatic rings. The van der Waals surface area contributed by atoms with Crippen molar-refractivity contribution in [2.24, 2.45) is 5.73 Å². The van der Waals surface area contributed by atoms with Gasteiger partial charge >= 0.3 is 0 Å². The molecule has 5 heteroatoms. The van der Waals surface area contributed by atoms with Gasteiger partial charge in [-0.15, -0.1) is 0 Å². The van der Waals surface area contributed by atoms with Gasteiger partial charge in [-0.2, -0.15) is 10.2 Å². The van der Waals surface area contributed by atoms with Gasteiger partial charge in [0, 0.05) is 30.4 Å². The summed E-state index contributed by atoms with van der Waals surface area (Å²) >= 11 is 0. The normalized spacial score (nSPS) is 10.7. The molecule has 0 aliphatic carbocycles. The Morgan fingerprint density at radius 3 is 3.00 bits per heavy atom. The zero-order valence-corrected chi connectivity index (χ0v) is 8.07. The van der Waals surface area contributed by atoms with Crippen molar-refractivity contribution in [2.45, 2.75) is 20.0 Å². The Morgan fingerprint density at radius 1 is 1.50 bits per heavy atom. The van der Waals surface area contributed by atoms with Crippen LogP contribution in [-0.2, 0) is 13.1 Å². The second kappa shape index (κ2) is 3.63. The van der Waals surface area contributed by atoms with Crippen LogP contribution in [0.3, 0.4) is 0 Å². The molecule has 0 atom stereocenters. The number of aryl methyl sites for hydroxylation is 1. The van der Waals surface area contributed by atoms with Gasteiger partial charge in [-0.3, -0.25) is 9.78 Å². The molecule has 2 aromatic heterocycles. The van der Waals surface area contributed by atoms with Gasteiger partial charge < -0.3 is 5.73 Å². The molecule has 14 heavy (non-hydrogen) atoms. The molecule has 0 radical (unpaired) electrons. The van der Waals surface area contributed by atoms with Crippen molar-refractivity contribution in [3.8, 4) is 11.3 Å². The summed E-state index contributed by atoms with van der Waals surface area (Å²) in [5.41, 5.74) is 8.60.